The number of carbonyl (C=O) groups excluding carboxylic acids is 3. The highest BCUT2D eigenvalue weighted by Crippen LogP contribution is 2.13. The second-order valence-corrected chi connectivity index (χ2v) is 18.8. The van der Waals surface area contributed by atoms with E-state index in [1.165, 1.54) is 44.9 Å². The van der Waals surface area contributed by atoms with Gasteiger partial charge in [-0.3, -0.25) is 14.4 Å². The molecule has 0 aliphatic carbocycles. The third kappa shape index (κ3) is 56.5. The van der Waals surface area contributed by atoms with Crippen molar-refractivity contribution in [2.75, 3.05) is 13.2 Å². The van der Waals surface area contributed by atoms with Crippen LogP contribution in [0.4, 0.5) is 0 Å². The van der Waals surface area contributed by atoms with Crippen molar-refractivity contribution in [1.29, 1.82) is 0 Å². The summed E-state index contributed by atoms with van der Waals surface area (Å²) < 4.78 is 16.8. The topological polar surface area (TPSA) is 78.9 Å². The highest BCUT2D eigenvalue weighted by molar-refractivity contribution is 5.71. The summed E-state index contributed by atoms with van der Waals surface area (Å²) in [5, 5.41) is 0. The maximum atomic E-state index is 12.9. The highest BCUT2D eigenvalue weighted by Gasteiger charge is 2.19. The molecule has 0 aliphatic heterocycles. The zero-order chi connectivity index (χ0) is 52.2. The first-order valence-corrected chi connectivity index (χ1v) is 29.2. The van der Waals surface area contributed by atoms with Crippen molar-refractivity contribution < 1.29 is 28.6 Å². The van der Waals surface area contributed by atoms with Gasteiger partial charge in [0.05, 0.1) is 0 Å². The molecule has 0 aromatic heterocycles. The van der Waals surface area contributed by atoms with Gasteiger partial charge >= 0.3 is 17.9 Å². The summed E-state index contributed by atoms with van der Waals surface area (Å²) in [6.45, 7) is 6.34. The van der Waals surface area contributed by atoms with E-state index < -0.39 is 6.10 Å². The van der Waals surface area contributed by atoms with Crippen LogP contribution in [0.25, 0.3) is 0 Å². The van der Waals surface area contributed by atoms with E-state index in [1.807, 2.05) is 0 Å². The molecule has 1 atom stereocenters. The van der Waals surface area contributed by atoms with Gasteiger partial charge in [-0.15, -0.1) is 0 Å². The zero-order valence-corrected chi connectivity index (χ0v) is 46.4. The van der Waals surface area contributed by atoms with Gasteiger partial charge in [0, 0.05) is 19.3 Å². The fourth-order valence-corrected chi connectivity index (χ4v) is 7.55. The molecule has 0 fully saturated rings. The van der Waals surface area contributed by atoms with E-state index in [1.54, 1.807) is 0 Å². The minimum atomic E-state index is -0.812. The molecular formula is C66H106O6. The maximum absolute atomic E-state index is 12.9. The number of rotatable bonds is 51. The first-order valence-electron chi connectivity index (χ1n) is 29.2. The van der Waals surface area contributed by atoms with Gasteiger partial charge in [-0.05, 0) is 135 Å². The van der Waals surface area contributed by atoms with Crippen LogP contribution in [-0.4, -0.2) is 37.2 Å². The summed E-state index contributed by atoms with van der Waals surface area (Å²) in [5.74, 6) is -0.969. The molecule has 0 amide bonds. The van der Waals surface area contributed by atoms with E-state index in [2.05, 4.69) is 154 Å². The van der Waals surface area contributed by atoms with Crippen LogP contribution in [0.1, 0.15) is 245 Å². The van der Waals surface area contributed by atoms with Crippen molar-refractivity contribution in [2.45, 2.75) is 252 Å². The average molecular weight is 996 g/mol. The van der Waals surface area contributed by atoms with Gasteiger partial charge in [-0.2, -0.15) is 0 Å². The lowest BCUT2D eigenvalue weighted by molar-refractivity contribution is -0.167. The third-order valence-electron chi connectivity index (χ3n) is 11.9. The fraction of sp³-hybridized carbons (Fsp3) is 0.621. The van der Waals surface area contributed by atoms with Gasteiger partial charge in [-0.25, -0.2) is 0 Å². The Bertz CT molecular complexity index is 1560. The van der Waals surface area contributed by atoms with Crippen molar-refractivity contribution >= 4 is 17.9 Å². The molecule has 0 radical (unpaired) electrons. The molecule has 406 valence electrons. The highest BCUT2D eigenvalue weighted by atomic mass is 16.6. The third-order valence-corrected chi connectivity index (χ3v) is 11.9. The number of ether oxygens (including phenoxy) is 3. The molecule has 1 unspecified atom stereocenters. The number of unbranched alkanes of at least 4 members (excludes halogenated alkanes) is 18. The molecule has 72 heavy (non-hydrogen) atoms. The molecule has 0 aromatic carbocycles. The lowest BCUT2D eigenvalue weighted by Gasteiger charge is -2.18. The van der Waals surface area contributed by atoms with Crippen molar-refractivity contribution in [3.05, 3.63) is 134 Å². The first kappa shape index (κ1) is 67.5. The second kappa shape index (κ2) is 59.1. The molecule has 0 rings (SSSR count). The molecule has 0 aliphatic rings. The van der Waals surface area contributed by atoms with Crippen LogP contribution in [-0.2, 0) is 28.6 Å². The fourth-order valence-electron chi connectivity index (χ4n) is 7.55. The second-order valence-electron chi connectivity index (χ2n) is 18.8. The Kier molecular flexibility index (Phi) is 55.5. The number of allylic oxidation sites excluding steroid dienone is 22. The Hall–Kier alpha value is -4.45. The Balaban J connectivity index is 4.53. The molecule has 0 saturated carbocycles. The SMILES string of the molecule is CC/C=C\C/C=C\C/C=C\C/C=C\C/C=C\CCCCCC(=O)OCC(COC(=O)CCCCCCC/C=C\C/C=C\CCCCCC)OC(=O)CCCCCCCC/C=C\C/C=C\C/C=C\C/C=C\CC. The summed E-state index contributed by atoms with van der Waals surface area (Å²) in [6.07, 6.45) is 82.9. The first-order chi connectivity index (χ1) is 35.5. The smallest absolute Gasteiger partial charge is 0.306 e. The number of hydrogen-bond acceptors (Lipinski definition) is 6. The summed E-state index contributed by atoms with van der Waals surface area (Å²) in [6, 6.07) is 0. The van der Waals surface area contributed by atoms with Gasteiger partial charge in [0.2, 0.25) is 0 Å². The van der Waals surface area contributed by atoms with Crippen molar-refractivity contribution in [1.82, 2.24) is 0 Å². The Morgan fingerprint density at radius 1 is 0.292 bits per heavy atom. The predicted octanol–water partition coefficient (Wildman–Crippen LogP) is 19.8. The molecule has 6 nitrogen and oxygen atoms in total. The molecule has 0 heterocycles. The van der Waals surface area contributed by atoms with Gasteiger partial charge in [0.25, 0.3) is 0 Å². The normalized spacial score (nSPS) is 13.1. The minimum absolute atomic E-state index is 0.106. The van der Waals surface area contributed by atoms with E-state index in [-0.39, 0.29) is 31.1 Å². The lowest BCUT2D eigenvalue weighted by atomic mass is 10.1. The van der Waals surface area contributed by atoms with E-state index in [0.717, 1.165) is 161 Å². The Morgan fingerprint density at radius 3 is 0.861 bits per heavy atom. The zero-order valence-electron chi connectivity index (χ0n) is 46.4. The van der Waals surface area contributed by atoms with Gasteiger partial charge < -0.3 is 14.2 Å². The summed E-state index contributed by atoms with van der Waals surface area (Å²) >= 11 is 0. The molecular weight excluding hydrogens is 889 g/mol. The van der Waals surface area contributed by atoms with Crippen LogP contribution in [0.5, 0.6) is 0 Å². The molecule has 6 heteroatoms. The maximum Gasteiger partial charge on any atom is 0.306 e. The summed E-state index contributed by atoms with van der Waals surface area (Å²) in [7, 11) is 0. The van der Waals surface area contributed by atoms with Gasteiger partial charge in [-0.1, -0.05) is 225 Å². The molecule has 0 N–H and O–H groups in total. The monoisotopic (exact) mass is 995 g/mol. The van der Waals surface area contributed by atoms with Gasteiger partial charge in [0.15, 0.2) is 6.10 Å². The minimum Gasteiger partial charge on any atom is -0.462 e. The average Bonchev–Trinajstić information content (AvgIpc) is 3.38. The van der Waals surface area contributed by atoms with Crippen LogP contribution >= 0.6 is 0 Å². The lowest BCUT2D eigenvalue weighted by Crippen LogP contribution is -2.30. The summed E-state index contributed by atoms with van der Waals surface area (Å²) in [5.41, 5.74) is 0. The quantitative estimate of drug-likeness (QED) is 0.0261. The van der Waals surface area contributed by atoms with E-state index in [0.29, 0.717) is 19.3 Å². The standard InChI is InChI=1S/C66H106O6/c1-4-7-10-13-16-19-22-25-28-31-33-35-38-41-44-47-50-53-56-59-65(68)71-62-63(61-70-64(67)58-55-52-49-46-43-40-37-30-27-24-21-18-15-12-9-6-3)72-66(69)60-57-54-51-48-45-42-39-36-34-32-29-26-23-20-17-14-11-8-5-2/h7-8,10-11,16-17,19-21,24-26,28-30,33-37,41,44,63H,4-6,9,12-15,18,22-23,27,31-32,38-40,42-43,45-62H2,1-3H3/b10-7-,11-8-,19-16-,20-17-,24-21-,28-25-,29-26-,35-33-,36-34-,37-30-,44-41-. The molecule has 0 saturated heterocycles. The van der Waals surface area contributed by atoms with E-state index in [4.69, 9.17) is 14.2 Å². The van der Waals surface area contributed by atoms with Crippen molar-refractivity contribution in [3.63, 3.8) is 0 Å². The number of hydrogen-bond donors (Lipinski definition) is 0. The Labute approximate surface area is 443 Å². The van der Waals surface area contributed by atoms with Crippen LogP contribution in [0.3, 0.4) is 0 Å². The van der Waals surface area contributed by atoms with Crippen LogP contribution in [0.15, 0.2) is 134 Å². The predicted molar refractivity (Wildman–Crippen MR) is 311 cm³/mol. The van der Waals surface area contributed by atoms with E-state index in [9.17, 15) is 14.4 Å². The summed E-state index contributed by atoms with van der Waals surface area (Å²) in [4.78, 5) is 38.2. The molecule has 0 aromatic rings. The molecule has 0 bridgehead atoms. The van der Waals surface area contributed by atoms with Crippen LogP contribution in [0.2, 0.25) is 0 Å². The van der Waals surface area contributed by atoms with Crippen molar-refractivity contribution in [3.8, 4) is 0 Å². The van der Waals surface area contributed by atoms with Gasteiger partial charge in [0.1, 0.15) is 13.2 Å². The van der Waals surface area contributed by atoms with Crippen LogP contribution in [0, 0.1) is 0 Å². The largest absolute Gasteiger partial charge is 0.462 e. The Morgan fingerprint density at radius 2 is 0.542 bits per heavy atom. The van der Waals surface area contributed by atoms with Crippen molar-refractivity contribution in [2.24, 2.45) is 0 Å². The number of carbonyl (C=O) groups is 3. The van der Waals surface area contributed by atoms with Crippen LogP contribution < -0.4 is 0 Å². The molecule has 0 spiro atoms. The number of esters is 3. The van der Waals surface area contributed by atoms with E-state index >= 15 is 0 Å².